The highest BCUT2D eigenvalue weighted by atomic mass is 16.5. The summed E-state index contributed by atoms with van der Waals surface area (Å²) in [5.41, 5.74) is 6.30. The lowest BCUT2D eigenvalue weighted by Crippen LogP contribution is -2.52. The molecule has 1 fully saturated rings. The Bertz CT molecular complexity index is 747. The Morgan fingerprint density at radius 3 is 2.77 bits per heavy atom. The first-order chi connectivity index (χ1) is 12.7. The van der Waals surface area contributed by atoms with Gasteiger partial charge in [0.1, 0.15) is 6.61 Å². The Balaban J connectivity index is 1.63. The molecule has 9 heteroatoms. The predicted molar refractivity (Wildman–Crippen MR) is 97.9 cm³/mol. The van der Waals surface area contributed by atoms with Crippen molar-refractivity contribution in [1.29, 1.82) is 0 Å². The first kappa shape index (κ1) is 17.7. The van der Waals surface area contributed by atoms with Crippen LogP contribution in [0.1, 0.15) is 12.6 Å². The van der Waals surface area contributed by atoms with Crippen LogP contribution in [0, 0.1) is 0 Å². The first-order valence-corrected chi connectivity index (χ1v) is 8.60. The number of nitrogen functional groups attached to an aromatic ring is 1. The molecule has 0 aromatic carbocycles. The van der Waals surface area contributed by atoms with Crippen LogP contribution in [0.3, 0.4) is 0 Å². The lowest BCUT2D eigenvalue weighted by Gasteiger charge is -2.35. The number of rotatable bonds is 5. The van der Waals surface area contributed by atoms with Gasteiger partial charge in [-0.2, -0.15) is 0 Å². The number of anilines is 2. The molecule has 3 rings (SSSR count). The minimum absolute atomic E-state index is 0.0222. The highest BCUT2D eigenvalue weighted by molar-refractivity contribution is 5.74. The van der Waals surface area contributed by atoms with Gasteiger partial charge in [0.25, 0.3) is 0 Å². The van der Waals surface area contributed by atoms with Crippen LogP contribution in [-0.2, 0) is 6.61 Å². The molecular formula is C17H23N7O2. The second-order valence-electron chi connectivity index (χ2n) is 5.83. The van der Waals surface area contributed by atoms with Crippen molar-refractivity contribution in [3.63, 3.8) is 0 Å². The third kappa shape index (κ3) is 4.29. The average molecular weight is 357 g/mol. The summed E-state index contributed by atoms with van der Waals surface area (Å²) < 4.78 is 5.90. The van der Waals surface area contributed by atoms with Crippen molar-refractivity contribution in [3.05, 3.63) is 36.3 Å². The maximum atomic E-state index is 11.9. The summed E-state index contributed by atoms with van der Waals surface area (Å²) >= 11 is 0. The van der Waals surface area contributed by atoms with Crippen LogP contribution >= 0.6 is 0 Å². The number of piperazine rings is 1. The molecule has 2 amide bonds. The van der Waals surface area contributed by atoms with E-state index in [-0.39, 0.29) is 18.6 Å². The van der Waals surface area contributed by atoms with E-state index >= 15 is 0 Å². The summed E-state index contributed by atoms with van der Waals surface area (Å²) in [4.78, 5) is 28.3. The van der Waals surface area contributed by atoms with Gasteiger partial charge in [-0.25, -0.2) is 19.7 Å². The van der Waals surface area contributed by atoms with Gasteiger partial charge in [0.15, 0.2) is 11.6 Å². The second-order valence-corrected chi connectivity index (χ2v) is 5.83. The molecule has 3 heterocycles. The van der Waals surface area contributed by atoms with Crippen molar-refractivity contribution >= 4 is 17.8 Å². The van der Waals surface area contributed by atoms with E-state index < -0.39 is 0 Å². The highest BCUT2D eigenvalue weighted by Gasteiger charge is 2.23. The summed E-state index contributed by atoms with van der Waals surface area (Å²) in [6, 6.07) is 5.45. The number of amides is 2. The van der Waals surface area contributed by atoms with Crippen molar-refractivity contribution in [1.82, 2.24) is 25.2 Å². The van der Waals surface area contributed by atoms with Crippen molar-refractivity contribution in [2.75, 3.05) is 43.4 Å². The largest absolute Gasteiger partial charge is 0.483 e. The Morgan fingerprint density at radius 1 is 1.23 bits per heavy atom. The quantitative estimate of drug-likeness (QED) is 0.817. The first-order valence-electron chi connectivity index (χ1n) is 8.60. The number of carbonyl (C=O) groups excluding carboxylic acids is 1. The van der Waals surface area contributed by atoms with E-state index in [1.54, 1.807) is 18.5 Å². The summed E-state index contributed by atoms with van der Waals surface area (Å²) in [5, 5.41) is 2.83. The Labute approximate surface area is 152 Å². The van der Waals surface area contributed by atoms with Gasteiger partial charge in [-0.15, -0.1) is 0 Å². The van der Waals surface area contributed by atoms with E-state index in [1.165, 1.54) is 0 Å². The molecule has 1 aliphatic rings. The Kier molecular flexibility index (Phi) is 5.67. The zero-order chi connectivity index (χ0) is 18.4. The third-order valence-electron chi connectivity index (χ3n) is 4.05. The third-order valence-corrected chi connectivity index (χ3v) is 4.05. The number of carbonyl (C=O) groups is 1. The molecule has 26 heavy (non-hydrogen) atoms. The summed E-state index contributed by atoms with van der Waals surface area (Å²) in [6.45, 7) is 5.51. The van der Waals surface area contributed by atoms with Gasteiger partial charge in [0.05, 0.1) is 5.69 Å². The van der Waals surface area contributed by atoms with Crippen molar-refractivity contribution in [2.45, 2.75) is 13.5 Å². The van der Waals surface area contributed by atoms with E-state index in [0.717, 1.165) is 5.82 Å². The lowest BCUT2D eigenvalue weighted by molar-refractivity contribution is 0.194. The van der Waals surface area contributed by atoms with Crippen molar-refractivity contribution < 1.29 is 9.53 Å². The second kappa shape index (κ2) is 8.32. The summed E-state index contributed by atoms with van der Waals surface area (Å²) in [7, 11) is 0. The maximum Gasteiger partial charge on any atom is 0.317 e. The summed E-state index contributed by atoms with van der Waals surface area (Å²) in [5.74, 6) is 1.67. The number of nitrogens with two attached hydrogens (primary N) is 1. The fourth-order valence-electron chi connectivity index (χ4n) is 2.76. The molecule has 0 saturated carbocycles. The zero-order valence-electron chi connectivity index (χ0n) is 14.8. The van der Waals surface area contributed by atoms with E-state index in [9.17, 15) is 4.79 Å². The number of nitrogens with one attached hydrogen (secondary N) is 1. The number of aromatic nitrogens is 3. The highest BCUT2D eigenvalue weighted by Crippen LogP contribution is 2.27. The van der Waals surface area contributed by atoms with Gasteiger partial charge in [-0.3, -0.25) is 0 Å². The molecule has 0 atom stereocenters. The summed E-state index contributed by atoms with van der Waals surface area (Å²) in [6.07, 6.45) is 3.34. The lowest BCUT2D eigenvalue weighted by atomic mass is 10.3. The molecule has 3 N–H and O–H groups in total. The van der Waals surface area contributed by atoms with Gasteiger partial charge < -0.3 is 25.6 Å². The van der Waals surface area contributed by atoms with Crippen molar-refractivity contribution in [3.8, 4) is 5.75 Å². The molecule has 1 saturated heterocycles. The number of hydrogen-bond donors (Lipinski definition) is 2. The molecule has 0 unspecified atom stereocenters. The standard InChI is InChI=1S/C17H23N7O2/c1-2-19-17(25)24-10-8-23(9-11-24)15-14(4-3-6-20-15)26-12-13-5-7-21-16(18)22-13/h3-7H,2,8-12H2,1H3,(H,19,25)(H2,18,21,22). The molecule has 2 aromatic heterocycles. The molecule has 0 aliphatic carbocycles. The fourth-order valence-corrected chi connectivity index (χ4v) is 2.76. The molecule has 0 bridgehead atoms. The maximum absolute atomic E-state index is 11.9. The molecule has 0 spiro atoms. The molecule has 2 aromatic rings. The average Bonchev–Trinajstić information content (AvgIpc) is 2.67. The molecule has 0 radical (unpaired) electrons. The molecule has 138 valence electrons. The van der Waals surface area contributed by atoms with Crippen LogP contribution < -0.4 is 20.7 Å². The van der Waals surface area contributed by atoms with Crippen LogP contribution in [0.5, 0.6) is 5.75 Å². The molecule has 9 nitrogen and oxygen atoms in total. The topological polar surface area (TPSA) is 110 Å². The van der Waals surface area contributed by atoms with Crippen LogP contribution in [0.25, 0.3) is 0 Å². The number of nitrogens with zero attached hydrogens (tertiary/aromatic N) is 5. The van der Waals surface area contributed by atoms with Gasteiger partial charge in [0, 0.05) is 45.1 Å². The number of urea groups is 1. The number of hydrogen-bond acceptors (Lipinski definition) is 7. The van der Waals surface area contributed by atoms with E-state index in [1.807, 2.05) is 24.0 Å². The Morgan fingerprint density at radius 2 is 2.04 bits per heavy atom. The minimum Gasteiger partial charge on any atom is -0.483 e. The molecule has 1 aliphatic heterocycles. The van der Waals surface area contributed by atoms with Crippen LogP contribution in [-0.4, -0.2) is 58.6 Å². The SMILES string of the molecule is CCNC(=O)N1CCN(c2ncccc2OCc2ccnc(N)n2)CC1. The Hall–Kier alpha value is -3.10. The zero-order valence-corrected chi connectivity index (χ0v) is 14.8. The van der Waals surface area contributed by atoms with Crippen LogP contribution in [0.2, 0.25) is 0 Å². The van der Waals surface area contributed by atoms with Gasteiger partial charge in [0.2, 0.25) is 5.95 Å². The van der Waals surface area contributed by atoms with Gasteiger partial charge in [-0.1, -0.05) is 0 Å². The van der Waals surface area contributed by atoms with E-state index in [0.29, 0.717) is 44.2 Å². The van der Waals surface area contributed by atoms with Crippen LogP contribution in [0.4, 0.5) is 16.6 Å². The number of pyridine rings is 1. The van der Waals surface area contributed by atoms with E-state index in [4.69, 9.17) is 10.5 Å². The fraction of sp³-hybridized carbons (Fsp3) is 0.412. The smallest absolute Gasteiger partial charge is 0.317 e. The predicted octanol–water partition coefficient (Wildman–Crippen LogP) is 0.884. The molecular weight excluding hydrogens is 334 g/mol. The van der Waals surface area contributed by atoms with Gasteiger partial charge in [-0.05, 0) is 25.1 Å². The van der Waals surface area contributed by atoms with Gasteiger partial charge >= 0.3 is 6.03 Å². The van der Waals surface area contributed by atoms with Crippen LogP contribution in [0.15, 0.2) is 30.6 Å². The van der Waals surface area contributed by atoms with Crippen molar-refractivity contribution in [2.24, 2.45) is 0 Å². The number of ether oxygens (including phenoxy) is 1. The monoisotopic (exact) mass is 357 g/mol. The minimum atomic E-state index is -0.0222. The normalized spacial score (nSPS) is 14.2. The van der Waals surface area contributed by atoms with E-state index in [2.05, 4.69) is 25.2 Å².